The first-order valence-electron chi connectivity index (χ1n) is 9.70. The summed E-state index contributed by atoms with van der Waals surface area (Å²) in [7, 11) is -3.45. The van der Waals surface area contributed by atoms with E-state index in [9.17, 15) is 13.2 Å². The molecule has 3 N–H and O–H groups in total. The third-order valence-electron chi connectivity index (χ3n) is 4.42. The summed E-state index contributed by atoms with van der Waals surface area (Å²) in [6.07, 6.45) is 1.74. The number of aliphatic imine (C=N–C) groups is 1. The summed E-state index contributed by atoms with van der Waals surface area (Å²) < 4.78 is 27.1. The average molecular weight is 558 g/mol. The minimum Gasteiger partial charge on any atom is -0.357 e. The zero-order valence-electron chi connectivity index (χ0n) is 17.2. The molecule has 2 heterocycles. The van der Waals surface area contributed by atoms with E-state index in [1.54, 1.807) is 17.5 Å². The number of sulfonamides is 1. The van der Waals surface area contributed by atoms with Gasteiger partial charge in [-0.15, -0.1) is 35.3 Å². The SMILES string of the molecule is CCNC(=NCCNS(=O)(=O)c1cccs1)NC1CCN(C(=O)C(C)C)CC1.I. The van der Waals surface area contributed by atoms with Crippen molar-refractivity contribution in [2.24, 2.45) is 10.9 Å². The number of piperidine rings is 1. The zero-order chi connectivity index (χ0) is 20.6. The summed E-state index contributed by atoms with van der Waals surface area (Å²) in [5.41, 5.74) is 0. The van der Waals surface area contributed by atoms with Crippen LogP contribution in [0.5, 0.6) is 0 Å². The Hall–Kier alpha value is -0.920. The number of carbonyl (C=O) groups excluding carboxylic acids is 1. The van der Waals surface area contributed by atoms with Crippen molar-refractivity contribution >= 4 is 57.2 Å². The van der Waals surface area contributed by atoms with Crippen LogP contribution in [0, 0.1) is 5.92 Å². The van der Waals surface area contributed by atoms with E-state index < -0.39 is 10.0 Å². The maximum atomic E-state index is 12.1. The molecule has 0 atom stereocenters. The van der Waals surface area contributed by atoms with Gasteiger partial charge in [0.25, 0.3) is 0 Å². The van der Waals surface area contributed by atoms with Crippen molar-refractivity contribution in [2.75, 3.05) is 32.7 Å². The van der Waals surface area contributed by atoms with Crippen LogP contribution in [0.1, 0.15) is 33.6 Å². The van der Waals surface area contributed by atoms with Gasteiger partial charge in [-0.05, 0) is 31.2 Å². The smallest absolute Gasteiger partial charge is 0.250 e. The Balaban J connectivity index is 0.00000420. The van der Waals surface area contributed by atoms with Gasteiger partial charge in [0.1, 0.15) is 4.21 Å². The normalized spacial score (nSPS) is 15.9. The molecule has 0 radical (unpaired) electrons. The van der Waals surface area contributed by atoms with Gasteiger partial charge in [0.2, 0.25) is 15.9 Å². The lowest BCUT2D eigenvalue weighted by molar-refractivity contribution is -0.135. The van der Waals surface area contributed by atoms with E-state index in [4.69, 9.17) is 0 Å². The van der Waals surface area contributed by atoms with Crippen LogP contribution in [-0.4, -0.2) is 64.0 Å². The molecule has 0 aliphatic carbocycles. The van der Waals surface area contributed by atoms with E-state index in [-0.39, 0.29) is 48.4 Å². The Morgan fingerprint density at radius 3 is 2.59 bits per heavy atom. The zero-order valence-corrected chi connectivity index (χ0v) is 21.1. The maximum Gasteiger partial charge on any atom is 0.250 e. The third-order valence-corrected chi connectivity index (χ3v) is 7.28. The van der Waals surface area contributed by atoms with Gasteiger partial charge in [0.05, 0.1) is 6.54 Å². The van der Waals surface area contributed by atoms with Crippen LogP contribution in [0.2, 0.25) is 0 Å². The number of guanidine groups is 1. The van der Waals surface area contributed by atoms with Crippen molar-refractivity contribution < 1.29 is 13.2 Å². The van der Waals surface area contributed by atoms with Crippen LogP contribution >= 0.6 is 35.3 Å². The Morgan fingerprint density at radius 1 is 1.34 bits per heavy atom. The summed E-state index contributed by atoms with van der Waals surface area (Å²) in [6.45, 7) is 8.62. The minimum atomic E-state index is -3.45. The largest absolute Gasteiger partial charge is 0.357 e. The highest BCUT2D eigenvalue weighted by Gasteiger charge is 2.24. The molecule has 0 saturated carbocycles. The third kappa shape index (κ3) is 8.38. The van der Waals surface area contributed by atoms with Crippen LogP contribution in [0.4, 0.5) is 0 Å². The fourth-order valence-corrected chi connectivity index (χ4v) is 5.02. The van der Waals surface area contributed by atoms with E-state index in [0.717, 1.165) is 32.5 Å². The summed E-state index contributed by atoms with van der Waals surface area (Å²) in [5, 5.41) is 8.32. The number of hydrogen-bond donors (Lipinski definition) is 3. The Morgan fingerprint density at radius 2 is 2.03 bits per heavy atom. The number of nitrogens with zero attached hydrogens (tertiary/aromatic N) is 2. The Kier molecular flexibility index (Phi) is 11.4. The molecule has 0 bridgehead atoms. The minimum absolute atomic E-state index is 0. The molecule has 8 nitrogen and oxygen atoms in total. The number of carbonyl (C=O) groups is 1. The van der Waals surface area contributed by atoms with Gasteiger partial charge in [-0.2, -0.15) is 0 Å². The molecule has 1 amide bonds. The molecular weight excluding hydrogens is 525 g/mol. The topological polar surface area (TPSA) is 103 Å². The fourth-order valence-electron chi connectivity index (χ4n) is 2.96. The first-order chi connectivity index (χ1) is 13.3. The molecule has 1 aromatic heterocycles. The second kappa shape index (κ2) is 12.7. The lowest BCUT2D eigenvalue weighted by Gasteiger charge is -2.34. The predicted octanol–water partition coefficient (Wildman–Crippen LogP) is 1.85. The number of likely N-dealkylation sites (tertiary alicyclic amines) is 1. The van der Waals surface area contributed by atoms with E-state index in [2.05, 4.69) is 20.3 Å². The highest BCUT2D eigenvalue weighted by molar-refractivity contribution is 14.0. The number of nitrogens with one attached hydrogen (secondary N) is 3. The van der Waals surface area contributed by atoms with Crippen LogP contribution in [0.25, 0.3) is 0 Å². The van der Waals surface area contributed by atoms with Gasteiger partial charge < -0.3 is 15.5 Å². The van der Waals surface area contributed by atoms with Crippen molar-refractivity contribution in [1.29, 1.82) is 0 Å². The van der Waals surface area contributed by atoms with Gasteiger partial charge >= 0.3 is 0 Å². The predicted molar refractivity (Wildman–Crippen MR) is 128 cm³/mol. The molecular formula is C18H32IN5O3S2. The molecule has 166 valence electrons. The van der Waals surface area contributed by atoms with Crippen molar-refractivity contribution in [1.82, 2.24) is 20.3 Å². The van der Waals surface area contributed by atoms with Crippen molar-refractivity contribution in [3.8, 4) is 0 Å². The molecule has 0 spiro atoms. The molecule has 1 aromatic rings. The van der Waals surface area contributed by atoms with E-state index in [1.807, 2.05) is 25.7 Å². The monoisotopic (exact) mass is 557 g/mol. The summed E-state index contributed by atoms with van der Waals surface area (Å²) in [5.74, 6) is 0.907. The molecule has 2 rings (SSSR count). The first-order valence-corrected chi connectivity index (χ1v) is 12.1. The molecule has 1 aliphatic rings. The number of amides is 1. The van der Waals surface area contributed by atoms with Gasteiger partial charge in [0, 0.05) is 38.1 Å². The van der Waals surface area contributed by atoms with Crippen molar-refractivity contribution in [3.63, 3.8) is 0 Å². The average Bonchev–Trinajstić information content (AvgIpc) is 3.21. The number of thiophene rings is 1. The summed E-state index contributed by atoms with van der Waals surface area (Å²) in [6, 6.07) is 3.54. The van der Waals surface area contributed by atoms with Gasteiger partial charge in [0.15, 0.2) is 5.96 Å². The van der Waals surface area contributed by atoms with E-state index in [1.165, 1.54) is 11.3 Å². The van der Waals surface area contributed by atoms with Crippen LogP contribution in [-0.2, 0) is 14.8 Å². The summed E-state index contributed by atoms with van der Waals surface area (Å²) >= 11 is 1.19. The fraction of sp³-hybridized carbons (Fsp3) is 0.667. The Bertz CT molecular complexity index is 746. The second-order valence-electron chi connectivity index (χ2n) is 6.99. The highest BCUT2D eigenvalue weighted by atomic mass is 127. The molecule has 1 aliphatic heterocycles. The van der Waals surface area contributed by atoms with Crippen LogP contribution in [0.15, 0.2) is 26.7 Å². The number of halogens is 1. The number of rotatable bonds is 8. The van der Waals surface area contributed by atoms with Gasteiger partial charge in [-0.3, -0.25) is 9.79 Å². The Labute approximate surface area is 195 Å². The molecule has 1 saturated heterocycles. The first kappa shape index (κ1) is 26.1. The summed E-state index contributed by atoms with van der Waals surface area (Å²) in [4.78, 5) is 18.5. The second-order valence-corrected chi connectivity index (χ2v) is 9.93. The maximum absolute atomic E-state index is 12.1. The van der Waals surface area contributed by atoms with Crippen LogP contribution in [0.3, 0.4) is 0 Å². The van der Waals surface area contributed by atoms with Crippen molar-refractivity contribution in [2.45, 2.75) is 43.9 Å². The van der Waals surface area contributed by atoms with Gasteiger partial charge in [-0.25, -0.2) is 13.1 Å². The molecule has 29 heavy (non-hydrogen) atoms. The quantitative estimate of drug-likeness (QED) is 0.196. The number of hydrogen-bond acceptors (Lipinski definition) is 5. The van der Waals surface area contributed by atoms with E-state index >= 15 is 0 Å². The molecule has 0 aromatic carbocycles. The highest BCUT2D eigenvalue weighted by Crippen LogP contribution is 2.15. The molecule has 0 unspecified atom stereocenters. The van der Waals surface area contributed by atoms with Gasteiger partial charge in [-0.1, -0.05) is 19.9 Å². The molecule has 1 fully saturated rings. The lowest BCUT2D eigenvalue weighted by atomic mass is 10.0. The van der Waals surface area contributed by atoms with Crippen LogP contribution < -0.4 is 15.4 Å². The van der Waals surface area contributed by atoms with Crippen molar-refractivity contribution in [3.05, 3.63) is 17.5 Å². The standard InChI is InChI=1S/C18H31N5O3S2.HI/c1-4-19-18(20-9-10-21-28(25,26)16-6-5-13-27-16)22-15-7-11-23(12-8-15)17(24)14(2)3;/h5-6,13-15,21H,4,7-12H2,1-3H3,(H2,19,20,22);1H. The lowest BCUT2D eigenvalue weighted by Crippen LogP contribution is -2.50. The molecule has 11 heteroatoms. The van der Waals surface area contributed by atoms with E-state index in [0.29, 0.717) is 16.7 Å².